The molecular formula is C24H19N9O. The van der Waals surface area contributed by atoms with Gasteiger partial charge in [-0.15, -0.1) is 5.10 Å². The fourth-order valence-electron chi connectivity index (χ4n) is 3.59. The number of fused-ring (bicyclic) bond motifs is 1. The molecule has 10 nitrogen and oxygen atoms in total. The molecule has 0 saturated heterocycles. The Balaban J connectivity index is 1.54. The van der Waals surface area contributed by atoms with Crippen molar-refractivity contribution in [1.29, 1.82) is 5.26 Å². The number of anilines is 2. The van der Waals surface area contributed by atoms with Gasteiger partial charge in [0.2, 0.25) is 0 Å². The zero-order chi connectivity index (χ0) is 23.8. The van der Waals surface area contributed by atoms with Gasteiger partial charge < -0.3 is 5.32 Å². The van der Waals surface area contributed by atoms with Gasteiger partial charge in [0.05, 0.1) is 22.3 Å². The molecule has 1 aromatic carbocycles. The molecule has 34 heavy (non-hydrogen) atoms. The number of carbonyl (C=O) groups is 1. The second-order valence-corrected chi connectivity index (χ2v) is 7.82. The van der Waals surface area contributed by atoms with Gasteiger partial charge in [-0.25, -0.2) is 14.6 Å². The molecule has 4 heterocycles. The van der Waals surface area contributed by atoms with Crippen LogP contribution in [0.5, 0.6) is 0 Å². The van der Waals surface area contributed by atoms with E-state index in [0.717, 1.165) is 22.4 Å². The van der Waals surface area contributed by atoms with Crippen LogP contribution < -0.4 is 5.32 Å². The lowest BCUT2D eigenvalue weighted by molar-refractivity contribution is 0.101. The van der Waals surface area contributed by atoms with Gasteiger partial charge in [-0.05, 0) is 63.2 Å². The van der Waals surface area contributed by atoms with E-state index in [1.807, 2.05) is 41.8 Å². The molecule has 0 aliphatic rings. The number of nitriles is 1. The highest BCUT2D eigenvalue weighted by Gasteiger charge is 2.17. The zero-order valence-electron chi connectivity index (χ0n) is 18.7. The number of carbonyl (C=O) groups excluding carboxylic acids is 1. The quantitative estimate of drug-likeness (QED) is 0.401. The van der Waals surface area contributed by atoms with Crippen LogP contribution >= 0.6 is 0 Å². The Morgan fingerprint density at radius 3 is 2.65 bits per heavy atom. The fourth-order valence-corrected chi connectivity index (χ4v) is 3.59. The van der Waals surface area contributed by atoms with Gasteiger partial charge >= 0.3 is 0 Å². The molecule has 166 valence electrons. The first kappa shape index (κ1) is 21.0. The van der Waals surface area contributed by atoms with Gasteiger partial charge in [0.25, 0.3) is 0 Å². The van der Waals surface area contributed by atoms with Crippen LogP contribution in [0.1, 0.15) is 34.2 Å². The summed E-state index contributed by atoms with van der Waals surface area (Å²) < 4.78 is 3.30. The summed E-state index contributed by atoms with van der Waals surface area (Å²) in [5, 5.41) is 25.0. The maximum Gasteiger partial charge on any atom is 0.166 e. The second kappa shape index (κ2) is 8.22. The van der Waals surface area contributed by atoms with Gasteiger partial charge in [-0.2, -0.15) is 15.5 Å². The van der Waals surface area contributed by atoms with E-state index >= 15 is 0 Å². The highest BCUT2D eigenvalue weighted by atomic mass is 16.1. The molecule has 0 unspecified atom stereocenters. The molecule has 1 N–H and O–H groups in total. The monoisotopic (exact) mass is 449 g/mol. The molecule has 0 aliphatic heterocycles. The first-order valence-corrected chi connectivity index (χ1v) is 10.5. The zero-order valence-corrected chi connectivity index (χ0v) is 18.7. The van der Waals surface area contributed by atoms with Crippen molar-refractivity contribution in [3.8, 4) is 17.7 Å². The summed E-state index contributed by atoms with van der Waals surface area (Å²) in [5.74, 6) is 1.42. The van der Waals surface area contributed by atoms with Crippen LogP contribution in [-0.4, -0.2) is 40.3 Å². The van der Waals surface area contributed by atoms with Crippen molar-refractivity contribution in [2.24, 2.45) is 0 Å². The summed E-state index contributed by atoms with van der Waals surface area (Å²) >= 11 is 0. The number of ketones is 1. The third-order valence-corrected chi connectivity index (χ3v) is 5.32. The Morgan fingerprint density at radius 1 is 1.09 bits per heavy atom. The lowest BCUT2D eigenvalue weighted by Crippen LogP contribution is -2.09. The van der Waals surface area contributed by atoms with Crippen LogP contribution in [-0.2, 0) is 0 Å². The number of Topliss-reactive ketones (excluding diaryl/α,β-unsaturated/α-hetero) is 1. The number of pyridine rings is 1. The standard InChI is InChI=1S/C24H19N9O/c1-14-12-33(31-20(14)11-25)24-18(16(3)34)6-9-23(28-24)32-13-26-19-10-17(5-7-21(19)32)27-22-8-4-15(2)29-30-22/h4-10,12-13H,1-3H3,(H,27,30). The van der Waals surface area contributed by atoms with E-state index in [4.69, 9.17) is 4.98 Å². The average molecular weight is 449 g/mol. The lowest BCUT2D eigenvalue weighted by atomic mass is 10.2. The Hall–Kier alpha value is -4.91. The fraction of sp³-hybridized carbons (Fsp3) is 0.125. The van der Waals surface area contributed by atoms with Crippen molar-refractivity contribution >= 4 is 28.3 Å². The number of aromatic nitrogens is 7. The van der Waals surface area contributed by atoms with Crippen LogP contribution in [0.4, 0.5) is 11.5 Å². The first-order valence-electron chi connectivity index (χ1n) is 10.5. The largest absolute Gasteiger partial charge is 0.339 e. The summed E-state index contributed by atoms with van der Waals surface area (Å²) in [6, 6.07) is 15.0. The van der Waals surface area contributed by atoms with Crippen molar-refractivity contribution < 1.29 is 4.79 Å². The smallest absolute Gasteiger partial charge is 0.166 e. The van der Waals surface area contributed by atoms with E-state index in [1.165, 1.54) is 11.6 Å². The third-order valence-electron chi connectivity index (χ3n) is 5.32. The number of nitrogens with one attached hydrogen (secondary N) is 1. The molecule has 0 radical (unpaired) electrons. The Bertz CT molecular complexity index is 1590. The molecule has 0 fully saturated rings. The average Bonchev–Trinajstić information content (AvgIpc) is 3.43. The number of hydrogen-bond donors (Lipinski definition) is 1. The highest BCUT2D eigenvalue weighted by Crippen LogP contribution is 2.24. The SMILES string of the molecule is CC(=O)c1ccc(-n2cnc3cc(Nc4ccc(C)nn4)ccc32)nc1-n1cc(C)c(C#N)n1. The van der Waals surface area contributed by atoms with Gasteiger partial charge in [-0.1, -0.05) is 0 Å². The van der Waals surface area contributed by atoms with Crippen molar-refractivity contribution in [3.63, 3.8) is 0 Å². The first-order chi connectivity index (χ1) is 16.4. The van der Waals surface area contributed by atoms with Crippen molar-refractivity contribution in [2.45, 2.75) is 20.8 Å². The molecule has 5 rings (SSSR count). The molecule has 0 bridgehead atoms. The maximum absolute atomic E-state index is 12.2. The predicted molar refractivity (Wildman–Crippen MR) is 125 cm³/mol. The number of hydrogen-bond acceptors (Lipinski definition) is 8. The predicted octanol–water partition coefficient (Wildman–Crippen LogP) is 3.83. The lowest BCUT2D eigenvalue weighted by Gasteiger charge is -2.10. The summed E-state index contributed by atoms with van der Waals surface area (Å²) in [4.78, 5) is 21.5. The summed E-state index contributed by atoms with van der Waals surface area (Å²) in [5.41, 5.74) is 4.66. The van der Waals surface area contributed by atoms with E-state index < -0.39 is 0 Å². The number of aryl methyl sites for hydroxylation is 2. The van der Waals surface area contributed by atoms with E-state index in [-0.39, 0.29) is 11.5 Å². The van der Waals surface area contributed by atoms with E-state index in [0.29, 0.717) is 28.6 Å². The van der Waals surface area contributed by atoms with E-state index in [9.17, 15) is 10.1 Å². The molecule has 0 saturated carbocycles. The van der Waals surface area contributed by atoms with Crippen molar-refractivity contribution in [2.75, 3.05) is 5.32 Å². The minimum absolute atomic E-state index is 0.147. The molecule has 0 aliphatic carbocycles. The van der Waals surface area contributed by atoms with Crippen LogP contribution in [0.3, 0.4) is 0 Å². The summed E-state index contributed by atoms with van der Waals surface area (Å²) in [7, 11) is 0. The van der Waals surface area contributed by atoms with Crippen molar-refractivity contribution in [3.05, 3.63) is 77.5 Å². The van der Waals surface area contributed by atoms with Gasteiger partial charge in [0, 0.05) is 17.4 Å². The van der Waals surface area contributed by atoms with Gasteiger partial charge in [-0.3, -0.25) is 9.36 Å². The van der Waals surface area contributed by atoms with E-state index in [1.54, 1.807) is 31.6 Å². The molecule has 5 aromatic rings. The Kier molecular flexibility index (Phi) is 5.07. The van der Waals surface area contributed by atoms with E-state index in [2.05, 4.69) is 31.7 Å². The van der Waals surface area contributed by atoms with Crippen molar-refractivity contribution in [1.82, 2.24) is 34.5 Å². The van der Waals surface area contributed by atoms with Gasteiger partial charge in [0.1, 0.15) is 18.2 Å². The summed E-state index contributed by atoms with van der Waals surface area (Å²) in [6.07, 6.45) is 3.36. The molecule has 0 amide bonds. The van der Waals surface area contributed by atoms with Crippen LogP contribution in [0.2, 0.25) is 0 Å². The number of imidazole rings is 1. The minimum Gasteiger partial charge on any atom is -0.339 e. The molecular weight excluding hydrogens is 430 g/mol. The highest BCUT2D eigenvalue weighted by molar-refractivity contribution is 5.97. The molecule has 0 spiro atoms. The maximum atomic E-state index is 12.2. The second-order valence-electron chi connectivity index (χ2n) is 7.82. The Labute approximate surface area is 194 Å². The third kappa shape index (κ3) is 3.75. The number of nitrogens with zero attached hydrogens (tertiary/aromatic N) is 8. The number of rotatable bonds is 5. The minimum atomic E-state index is -0.147. The normalized spacial score (nSPS) is 10.9. The topological polar surface area (TPSA) is 127 Å². The summed E-state index contributed by atoms with van der Waals surface area (Å²) in [6.45, 7) is 5.14. The van der Waals surface area contributed by atoms with Crippen LogP contribution in [0.15, 0.2) is 55.0 Å². The van der Waals surface area contributed by atoms with Crippen LogP contribution in [0, 0.1) is 25.2 Å². The number of benzene rings is 1. The molecule has 0 atom stereocenters. The molecule has 4 aromatic heterocycles. The Morgan fingerprint density at radius 2 is 1.94 bits per heavy atom. The van der Waals surface area contributed by atoms with Crippen LogP contribution in [0.25, 0.3) is 22.7 Å². The van der Waals surface area contributed by atoms with Gasteiger partial charge in [0.15, 0.2) is 23.1 Å². The molecule has 10 heteroatoms.